The van der Waals surface area contributed by atoms with Crippen LogP contribution >= 0.6 is 23.2 Å². The maximum atomic E-state index is 13.4. The van der Waals surface area contributed by atoms with Crippen LogP contribution in [0.3, 0.4) is 0 Å². The van der Waals surface area contributed by atoms with E-state index in [1.807, 2.05) is 0 Å². The fraction of sp³-hybridized carbons (Fsp3) is 0.462. The highest BCUT2D eigenvalue weighted by Crippen LogP contribution is 2.26. The lowest BCUT2D eigenvalue weighted by Crippen LogP contribution is -2.11. The van der Waals surface area contributed by atoms with Crippen LogP contribution in [-0.4, -0.2) is 21.6 Å². The smallest absolute Gasteiger partial charge is 0.328 e. The Morgan fingerprint density at radius 1 is 1.24 bits per heavy atom. The van der Waals surface area contributed by atoms with Crippen molar-refractivity contribution in [2.75, 3.05) is 5.88 Å². The molecule has 8 heteroatoms. The largest absolute Gasteiger partial charge is 0.389 e. The lowest BCUT2D eigenvalue weighted by atomic mass is 10.2. The van der Waals surface area contributed by atoms with Gasteiger partial charge in [-0.15, -0.1) is 11.6 Å². The minimum Gasteiger partial charge on any atom is -0.328 e. The third-order valence-electron chi connectivity index (χ3n) is 3.03. The predicted molar refractivity (Wildman–Crippen MR) is 74.4 cm³/mol. The van der Waals surface area contributed by atoms with Crippen LogP contribution < -0.4 is 0 Å². The van der Waals surface area contributed by atoms with E-state index in [0.29, 0.717) is 23.3 Å². The molecule has 0 saturated carbocycles. The summed E-state index contributed by atoms with van der Waals surface area (Å²) in [5, 5.41) is -0.0862. The Morgan fingerprint density at radius 2 is 1.95 bits per heavy atom. The molecule has 1 heterocycles. The van der Waals surface area contributed by atoms with Crippen LogP contribution in [0, 0.1) is 5.82 Å². The first-order chi connectivity index (χ1) is 9.81. The van der Waals surface area contributed by atoms with Crippen molar-refractivity contribution in [3.8, 4) is 0 Å². The van der Waals surface area contributed by atoms with Gasteiger partial charge in [-0.1, -0.05) is 11.6 Å². The molecule has 0 unspecified atom stereocenters. The maximum absolute atomic E-state index is 13.4. The lowest BCUT2D eigenvalue weighted by molar-refractivity contribution is -0.135. The van der Waals surface area contributed by atoms with Crippen LogP contribution in [0.4, 0.5) is 17.6 Å². The van der Waals surface area contributed by atoms with Gasteiger partial charge in [0.2, 0.25) is 0 Å². The second-order valence-electron chi connectivity index (χ2n) is 4.59. The summed E-state index contributed by atoms with van der Waals surface area (Å²) in [6.07, 6.45) is -4.78. The van der Waals surface area contributed by atoms with Crippen molar-refractivity contribution in [1.29, 1.82) is 0 Å². The van der Waals surface area contributed by atoms with E-state index in [4.69, 9.17) is 23.2 Å². The van der Waals surface area contributed by atoms with E-state index in [9.17, 15) is 17.6 Å². The Labute approximate surface area is 128 Å². The highest BCUT2D eigenvalue weighted by molar-refractivity contribution is 6.31. The Bertz CT molecular complexity index is 637. The van der Waals surface area contributed by atoms with Crippen molar-refractivity contribution in [1.82, 2.24) is 9.55 Å². The van der Waals surface area contributed by atoms with Gasteiger partial charge in [0.1, 0.15) is 11.6 Å². The van der Waals surface area contributed by atoms with Crippen LogP contribution in [0.1, 0.15) is 18.7 Å². The zero-order valence-corrected chi connectivity index (χ0v) is 12.4. The number of rotatable bonds is 5. The SMILES string of the molecule is Fc1cc2nc(CCCl)n(CCCC(F)(F)F)c2cc1Cl. The van der Waals surface area contributed by atoms with Crippen LogP contribution in [0.5, 0.6) is 0 Å². The number of nitrogens with zero attached hydrogens (tertiary/aromatic N) is 2. The van der Waals surface area contributed by atoms with Crippen molar-refractivity contribution in [3.05, 3.63) is 28.8 Å². The minimum atomic E-state index is -4.20. The van der Waals surface area contributed by atoms with Crippen LogP contribution in [0.2, 0.25) is 5.02 Å². The first-order valence-electron chi connectivity index (χ1n) is 6.28. The van der Waals surface area contributed by atoms with Gasteiger partial charge in [-0.05, 0) is 12.5 Å². The Hall–Kier alpha value is -1.01. The fourth-order valence-corrected chi connectivity index (χ4v) is 2.46. The van der Waals surface area contributed by atoms with E-state index in [2.05, 4.69) is 4.98 Å². The second kappa shape index (κ2) is 6.40. The molecule has 0 fully saturated rings. The molecule has 2 rings (SSSR count). The number of halogens is 6. The van der Waals surface area contributed by atoms with E-state index < -0.39 is 18.4 Å². The summed E-state index contributed by atoms with van der Waals surface area (Å²) < 4.78 is 51.8. The molecule has 0 aliphatic heterocycles. The van der Waals surface area contributed by atoms with E-state index in [-0.39, 0.29) is 23.9 Å². The van der Waals surface area contributed by atoms with Gasteiger partial charge in [-0.2, -0.15) is 13.2 Å². The standard InChI is InChI=1S/C13H12Cl2F4N2/c14-4-2-12-20-10-7-9(16)8(15)6-11(10)21(12)5-1-3-13(17,18)19/h6-7H,1-5H2. The van der Waals surface area contributed by atoms with Crippen molar-refractivity contribution in [2.45, 2.75) is 32.0 Å². The normalized spacial score (nSPS) is 12.3. The summed E-state index contributed by atoms with van der Waals surface area (Å²) in [4.78, 5) is 4.22. The number of alkyl halides is 4. The number of imidazole rings is 1. The average Bonchev–Trinajstić information content (AvgIpc) is 2.67. The fourth-order valence-electron chi connectivity index (χ4n) is 2.13. The van der Waals surface area contributed by atoms with Crippen molar-refractivity contribution in [3.63, 3.8) is 0 Å². The summed E-state index contributed by atoms with van der Waals surface area (Å²) in [5.41, 5.74) is 0.882. The van der Waals surface area contributed by atoms with Crippen molar-refractivity contribution >= 4 is 34.2 Å². The molecule has 1 aromatic heterocycles. The molecule has 0 amide bonds. The zero-order valence-electron chi connectivity index (χ0n) is 10.9. The monoisotopic (exact) mass is 342 g/mol. The molecule has 0 radical (unpaired) electrons. The summed E-state index contributed by atoms with van der Waals surface area (Å²) in [6, 6.07) is 2.56. The highest BCUT2D eigenvalue weighted by atomic mass is 35.5. The maximum Gasteiger partial charge on any atom is 0.389 e. The second-order valence-corrected chi connectivity index (χ2v) is 5.38. The van der Waals surface area contributed by atoms with Gasteiger partial charge >= 0.3 is 6.18 Å². The Kier molecular flexibility index (Phi) is 4.99. The quantitative estimate of drug-likeness (QED) is 0.555. The van der Waals surface area contributed by atoms with Crippen LogP contribution in [0.25, 0.3) is 11.0 Å². The third-order valence-corrected chi connectivity index (χ3v) is 3.51. The lowest BCUT2D eigenvalue weighted by Gasteiger charge is -2.10. The molecular weight excluding hydrogens is 331 g/mol. The van der Waals surface area contributed by atoms with E-state index >= 15 is 0 Å². The predicted octanol–water partition coefficient (Wildman–Crippen LogP) is 4.95. The molecule has 0 aliphatic carbocycles. The number of hydrogen-bond donors (Lipinski definition) is 0. The first kappa shape index (κ1) is 16.4. The van der Waals surface area contributed by atoms with Gasteiger partial charge in [-0.25, -0.2) is 9.37 Å². The average molecular weight is 343 g/mol. The number of aromatic nitrogens is 2. The highest BCUT2D eigenvalue weighted by Gasteiger charge is 2.26. The van der Waals surface area contributed by atoms with E-state index in [1.54, 1.807) is 4.57 Å². The Morgan fingerprint density at radius 3 is 2.57 bits per heavy atom. The number of benzene rings is 1. The number of hydrogen-bond acceptors (Lipinski definition) is 1. The Balaban J connectivity index is 2.34. The molecule has 116 valence electrons. The minimum absolute atomic E-state index is 0.0841. The van der Waals surface area contributed by atoms with E-state index in [0.717, 1.165) is 0 Å². The summed E-state index contributed by atoms with van der Waals surface area (Å²) in [5.74, 6) is 0.198. The molecule has 2 nitrogen and oxygen atoms in total. The molecule has 0 saturated heterocycles. The summed E-state index contributed by atoms with van der Waals surface area (Å²) >= 11 is 11.4. The van der Waals surface area contributed by atoms with Gasteiger partial charge in [0.15, 0.2) is 0 Å². The topological polar surface area (TPSA) is 17.8 Å². The first-order valence-corrected chi connectivity index (χ1v) is 7.20. The van der Waals surface area contributed by atoms with Crippen LogP contribution in [0.15, 0.2) is 12.1 Å². The number of fused-ring (bicyclic) bond motifs is 1. The molecular formula is C13H12Cl2F4N2. The van der Waals surface area contributed by atoms with Gasteiger partial charge in [-0.3, -0.25) is 0 Å². The van der Waals surface area contributed by atoms with Crippen molar-refractivity contribution < 1.29 is 17.6 Å². The van der Waals surface area contributed by atoms with Gasteiger partial charge in [0.25, 0.3) is 0 Å². The molecule has 0 N–H and O–H groups in total. The third kappa shape index (κ3) is 4.01. The molecule has 2 aromatic rings. The van der Waals surface area contributed by atoms with Crippen molar-refractivity contribution in [2.24, 2.45) is 0 Å². The molecule has 0 aliphatic rings. The van der Waals surface area contributed by atoms with Crippen LogP contribution in [-0.2, 0) is 13.0 Å². The molecule has 0 spiro atoms. The molecule has 21 heavy (non-hydrogen) atoms. The molecule has 0 atom stereocenters. The van der Waals surface area contributed by atoms with E-state index in [1.165, 1.54) is 12.1 Å². The molecule has 0 bridgehead atoms. The summed E-state index contributed by atoms with van der Waals surface area (Å²) in [7, 11) is 0. The molecule has 1 aromatic carbocycles. The number of aryl methyl sites for hydroxylation is 2. The van der Waals surface area contributed by atoms with Gasteiger partial charge in [0, 0.05) is 31.3 Å². The van der Waals surface area contributed by atoms with Gasteiger partial charge < -0.3 is 4.57 Å². The zero-order chi connectivity index (χ0) is 15.6. The summed E-state index contributed by atoms with van der Waals surface area (Å²) in [6.45, 7) is 0.129. The van der Waals surface area contributed by atoms with Gasteiger partial charge in [0.05, 0.1) is 16.1 Å².